The standard InChI is InChI=1S/C34H34O11/c1-3-31(35)42-20-6-5-19-40-27-11-7-25(8-12-27)33(37)44-29-13-9-26(10-14-29)34(38)45-30-17-15-28(16-18-30)41-23-21-39-22-24-43-32(36)4-2/h3-4,7-18H,1-2,5-6,19-24H2. The Bertz CT molecular complexity index is 1410. The molecule has 3 rings (SSSR count). The molecule has 236 valence electrons. The summed E-state index contributed by atoms with van der Waals surface area (Å²) in [6, 6.07) is 19.0. The first-order chi connectivity index (χ1) is 21.9. The van der Waals surface area contributed by atoms with Crippen LogP contribution < -0.4 is 18.9 Å². The quantitative estimate of drug-likeness (QED) is 0.0766. The van der Waals surface area contributed by atoms with Crippen LogP contribution in [0.3, 0.4) is 0 Å². The second kappa shape index (κ2) is 19.0. The Kier molecular flexibility index (Phi) is 14.4. The van der Waals surface area contributed by atoms with Crippen molar-refractivity contribution in [2.24, 2.45) is 0 Å². The number of hydrogen-bond acceptors (Lipinski definition) is 11. The molecule has 0 heterocycles. The number of unbranched alkanes of at least 4 members (excludes halogenated alkanes) is 1. The van der Waals surface area contributed by atoms with Crippen molar-refractivity contribution in [3.05, 3.63) is 109 Å². The van der Waals surface area contributed by atoms with Gasteiger partial charge >= 0.3 is 23.9 Å². The third-order valence-electron chi connectivity index (χ3n) is 5.78. The summed E-state index contributed by atoms with van der Waals surface area (Å²) in [5.41, 5.74) is 0.597. The van der Waals surface area contributed by atoms with Crippen LogP contribution in [0.2, 0.25) is 0 Å². The molecule has 45 heavy (non-hydrogen) atoms. The lowest BCUT2D eigenvalue weighted by Crippen LogP contribution is -2.12. The van der Waals surface area contributed by atoms with Crippen LogP contribution in [0.25, 0.3) is 0 Å². The lowest BCUT2D eigenvalue weighted by Gasteiger charge is -2.09. The van der Waals surface area contributed by atoms with Crippen molar-refractivity contribution in [1.82, 2.24) is 0 Å². The summed E-state index contributed by atoms with van der Waals surface area (Å²) in [6.07, 6.45) is 3.55. The van der Waals surface area contributed by atoms with Crippen molar-refractivity contribution in [3.63, 3.8) is 0 Å². The van der Waals surface area contributed by atoms with Gasteiger partial charge in [0, 0.05) is 12.2 Å². The van der Waals surface area contributed by atoms with Crippen LogP contribution in [-0.2, 0) is 23.8 Å². The molecule has 11 heteroatoms. The maximum atomic E-state index is 12.6. The van der Waals surface area contributed by atoms with E-state index in [2.05, 4.69) is 13.2 Å². The van der Waals surface area contributed by atoms with Crippen molar-refractivity contribution in [2.45, 2.75) is 12.8 Å². The number of ether oxygens (including phenoxy) is 7. The first kappa shape index (κ1) is 34.1. The number of hydrogen-bond donors (Lipinski definition) is 0. The van der Waals surface area contributed by atoms with E-state index in [0.717, 1.165) is 12.2 Å². The molecule has 0 aliphatic rings. The Labute approximate surface area is 260 Å². The van der Waals surface area contributed by atoms with Gasteiger partial charge in [-0.05, 0) is 85.6 Å². The van der Waals surface area contributed by atoms with E-state index in [1.807, 2.05) is 0 Å². The second-order valence-electron chi connectivity index (χ2n) is 9.06. The summed E-state index contributed by atoms with van der Waals surface area (Å²) in [7, 11) is 0. The van der Waals surface area contributed by atoms with Crippen molar-refractivity contribution in [2.75, 3.05) is 39.6 Å². The Morgan fingerprint density at radius 3 is 1.42 bits per heavy atom. The molecule has 0 aromatic heterocycles. The summed E-state index contributed by atoms with van der Waals surface area (Å²) >= 11 is 0. The van der Waals surface area contributed by atoms with E-state index in [-0.39, 0.29) is 31.1 Å². The normalized spacial score (nSPS) is 10.2. The van der Waals surface area contributed by atoms with Crippen molar-refractivity contribution in [1.29, 1.82) is 0 Å². The highest BCUT2D eigenvalue weighted by atomic mass is 16.6. The van der Waals surface area contributed by atoms with E-state index in [9.17, 15) is 19.2 Å². The Morgan fingerprint density at radius 2 is 0.889 bits per heavy atom. The fourth-order valence-electron chi connectivity index (χ4n) is 3.49. The van der Waals surface area contributed by atoms with Gasteiger partial charge in [-0.25, -0.2) is 19.2 Å². The Balaban J connectivity index is 1.36. The molecular formula is C34H34O11. The van der Waals surface area contributed by atoms with E-state index in [4.69, 9.17) is 33.2 Å². The minimum Gasteiger partial charge on any atom is -0.494 e. The summed E-state index contributed by atoms with van der Waals surface area (Å²) in [4.78, 5) is 47.0. The summed E-state index contributed by atoms with van der Waals surface area (Å²) < 4.78 is 37.0. The predicted molar refractivity (Wildman–Crippen MR) is 163 cm³/mol. The molecule has 0 N–H and O–H groups in total. The molecule has 0 saturated carbocycles. The van der Waals surface area contributed by atoms with E-state index in [1.165, 1.54) is 24.3 Å². The van der Waals surface area contributed by atoms with E-state index in [1.54, 1.807) is 48.5 Å². The van der Waals surface area contributed by atoms with Crippen LogP contribution in [0.15, 0.2) is 98.1 Å². The lowest BCUT2D eigenvalue weighted by molar-refractivity contribution is -0.139. The van der Waals surface area contributed by atoms with Crippen molar-refractivity contribution < 1.29 is 52.3 Å². The maximum absolute atomic E-state index is 12.6. The highest BCUT2D eigenvalue weighted by Crippen LogP contribution is 2.21. The van der Waals surface area contributed by atoms with E-state index in [0.29, 0.717) is 55.5 Å². The molecule has 0 unspecified atom stereocenters. The van der Waals surface area contributed by atoms with Crippen molar-refractivity contribution in [3.8, 4) is 23.0 Å². The van der Waals surface area contributed by atoms with Gasteiger partial charge in [-0.3, -0.25) is 0 Å². The Hall–Kier alpha value is -5.42. The van der Waals surface area contributed by atoms with Gasteiger partial charge in [-0.1, -0.05) is 13.2 Å². The van der Waals surface area contributed by atoms with Crippen LogP contribution in [0.4, 0.5) is 0 Å². The highest BCUT2D eigenvalue weighted by molar-refractivity contribution is 5.92. The number of carbonyl (C=O) groups is 4. The second-order valence-corrected chi connectivity index (χ2v) is 9.06. The van der Waals surface area contributed by atoms with Gasteiger partial charge in [0.05, 0.1) is 37.6 Å². The van der Waals surface area contributed by atoms with Crippen molar-refractivity contribution >= 4 is 23.9 Å². The van der Waals surface area contributed by atoms with Crippen LogP contribution >= 0.6 is 0 Å². The molecule has 3 aromatic carbocycles. The third kappa shape index (κ3) is 12.8. The first-order valence-electron chi connectivity index (χ1n) is 14.0. The molecule has 0 saturated heterocycles. The van der Waals surface area contributed by atoms with Crippen LogP contribution in [0.1, 0.15) is 33.6 Å². The topological polar surface area (TPSA) is 133 Å². The zero-order chi connectivity index (χ0) is 32.3. The van der Waals surface area contributed by atoms with Gasteiger partial charge in [0.25, 0.3) is 0 Å². The van der Waals surface area contributed by atoms with Gasteiger partial charge in [-0.15, -0.1) is 0 Å². The van der Waals surface area contributed by atoms with E-state index >= 15 is 0 Å². The van der Waals surface area contributed by atoms with Crippen LogP contribution in [0.5, 0.6) is 23.0 Å². The third-order valence-corrected chi connectivity index (χ3v) is 5.78. The van der Waals surface area contributed by atoms with Gasteiger partial charge in [0.2, 0.25) is 0 Å². The number of carbonyl (C=O) groups excluding carboxylic acids is 4. The summed E-state index contributed by atoms with van der Waals surface area (Å²) in [5, 5.41) is 0. The zero-order valence-corrected chi connectivity index (χ0v) is 24.6. The number of benzene rings is 3. The van der Waals surface area contributed by atoms with Crippen LogP contribution in [-0.4, -0.2) is 63.5 Å². The molecule has 0 radical (unpaired) electrons. The molecule has 0 atom stereocenters. The first-order valence-corrected chi connectivity index (χ1v) is 14.0. The lowest BCUT2D eigenvalue weighted by atomic mass is 10.2. The molecule has 0 spiro atoms. The minimum absolute atomic E-state index is 0.131. The van der Waals surface area contributed by atoms with Gasteiger partial charge < -0.3 is 33.2 Å². The molecular weight excluding hydrogens is 584 g/mol. The average molecular weight is 619 g/mol. The summed E-state index contributed by atoms with van der Waals surface area (Å²) in [6.45, 7) is 8.33. The molecule has 0 aliphatic carbocycles. The van der Waals surface area contributed by atoms with Crippen LogP contribution in [0, 0.1) is 0 Å². The monoisotopic (exact) mass is 618 g/mol. The number of rotatable bonds is 19. The molecule has 0 bridgehead atoms. The largest absolute Gasteiger partial charge is 0.494 e. The average Bonchev–Trinajstić information content (AvgIpc) is 3.06. The SMILES string of the molecule is C=CC(=O)OCCCCOc1ccc(C(=O)Oc2ccc(C(=O)Oc3ccc(OCCOCCOC(=O)C=C)cc3)cc2)cc1. The molecule has 0 amide bonds. The van der Waals surface area contributed by atoms with Gasteiger partial charge in [-0.2, -0.15) is 0 Å². The molecule has 3 aromatic rings. The number of esters is 4. The molecule has 0 aliphatic heterocycles. The highest BCUT2D eigenvalue weighted by Gasteiger charge is 2.12. The minimum atomic E-state index is -0.583. The predicted octanol–water partition coefficient (Wildman–Crippen LogP) is 5.14. The van der Waals surface area contributed by atoms with Gasteiger partial charge in [0.1, 0.15) is 36.2 Å². The fraction of sp³-hybridized carbons (Fsp3) is 0.235. The molecule has 11 nitrogen and oxygen atoms in total. The Morgan fingerprint density at radius 1 is 0.489 bits per heavy atom. The van der Waals surface area contributed by atoms with Gasteiger partial charge in [0.15, 0.2) is 0 Å². The zero-order valence-electron chi connectivity index (χ0n) is 24.6. The fourth-order valence-corrected chi connectivity index (χ4v) is 3.49. The summed E-state index contributed by atoms with van der Waals surface area (Å²) in [5.74, 6) is -0.370. The van der Waals surface area contributed by atoms with E-state index < -0.39 is 23.9 Å². The molecule has 0 fully saturated rings. The maximum Gasteiger partial charge on any atom is 0.343 e. The smallest absolute Gasteiger partial charge is 0.343 e.